The molecule has 3 heteroatoms. The summed E-state index contributed by atoms with van der Waals surface area (Å²) in [6.07, 6.45) is 1.68. The van der Waals surface area contributed by atoms with Gasteiger partial charge in [0.15, 0.2) is 0 Å². The van der Waals surface area contributed by atoms with Crippen LogP contribution in [0.3, 0.4) is 0 Å². The Hall–Kier alpha value is -1.74. The zero-order valence-electron chi connectivity index (χ0n) is 9.22. The molecule has 1 aromatic heterocycles. The Morgan fingerprint density at radius 2 is 2.00 bits per heavy atom. The van der Waals surface area contributed by atoms with Gasteiger partial charge in [-0.1, -0.05) is 12.1 Å². The van der Waals surface area contributed by atoms with Crippen molar-refractivity contribution >= 4 is 5.69 Å². The molecule has 0 saturated carbocycles. The van der Waals surface area contributed by atoms with Gasteiger partial charge in [0.2, 0.25) is 0 Å². The van der Waals surface area contributed by atoms with Gasteiger partial charge in [-0.05, 0) is 36.8 Å². The summed E-state index contributed by atoms with van der Waals surface area (Å²) >= 11 is 0. The smallest absolute Gasteiger partial charge is 0.129 e. The lowest BCUT2D eigenvalue weighted by Gasteiger charge is -2.12. The van der Waals surface area contributed by atoms with Gasteiger partial charge in [-0.15, -0.1) is 0 Å². The molecule has 1 heterocycles. The Kier molecular flexibility index (Phi) is 3.27. The largest absolute Gasteiger partial charge is 0.467 e. The quantitative estimate of drug-likeness (QED) is 0.800. The zero-order valence-corrected chi connectivity index (χ0v) is 9.22. The molecule has 0 aliphatic carbocycles. The average molecular weight is 217 g/mol. The topological polar surface area (TPSA) is 48.4 Å². The fraction of sp³-hybridized carbons (Fsp3) is 0.231. The summed E-state index contributed by atoms with van der Waals surface area (Å²) < 4.78 is 10.9. The zero-order chi connectivity index (χ0) is 11.4. The molecule has 1 atom stereocenters. The molecule has 1 unspecified atom stereocenters. The molecule has 0 aliphatic rings. The summed E-state index contributed by atoms with van der Waals surface area (Å²) in [4.78, 5) is 0. The monoisotopic (exact) mass is 217 g/mol. The molecule has 2 aromatic rings. The normalized spacial score (nSPS) is 12.6. The minimum atomic E-state index is 0.0331. The van der Waals surface area contributed by atoms with Crippen LogP contribution in [-0.2, 0) is 11.3 Å². The SMILES string of the molecule is CC(OCc1ccco1)c1ccc(N)cc1. The Morgan fingerprint density at radius 3 is 2.62 bits per heavy atom. The van der Waals surface area contributed by atoms with E-state index in [1.165, 1.54) is 0 Å². The summed E-state index contributed by atoms with van der Waals surface area (Å²) in [6.45, 7) is 2.49. The number of nitrogen functional groups attached to an aromatic ring is 1. The van der Waals surface area contributed by atoms with Crippen LogP contribution in [0.1, 0.15) is 24.4 Å². The molecular formula is C13H15NO2. The summed E-state index contributed by atoms with van der Waals surface area (Å²) in [5.41, 5.74) is 7.50. The van der Waals surface area contributed by atoms with E-state index in [0.29, 0.717) is 6.61 Å². The van der Waals surface area contributed by atoms with Crippen LogP contribution in [0.25, 0.3) is 0 Å². The van der Waals surface area contributed by atoms with Gasteiger partial charge in [0.1, 0.15) is 12.4 Å². The molecule has 16 heavy (non-hydrogen) atoms. The van der Waals surface area contributed by atoms with Crippen LogP contribution in [0, 0.1) is 0 Å². The highest BCUT2D eigenvalue weighted by molar-refractivity contribution is 5.39. The number of rotatable bonds is 4. The standard InChI is InChI=1S/C13H15NO2/c1-10(11-4-6-12(14)7-5-11)16-9-13-3-2-8-15-13/h2-8,10H,9,14H2,1H3. The first kappa shape index (κ1) is 10.8. The number of furan rings is 1. The number of hydrogen-bond donors (Lipinski definition) is 1. The first-order valence-corrected chi connectivity index (χ1v) is 5.25. The van der Waals surface area contributed by atoms with E-state index in [9.17, 15) is 0 Å². The van der Waals surface area contributed by atoms with Crippen molar-refractivity contribution in [2.24, 2.45) is 0 Å². The van der Waals surface area contributed by atoms with Crippen molar-refractivity contribution in [1.82, 2.24) is 0 Å². The van der Waals surface area contributed by atoms with Crippen LogP contribution >= 0.6 is 0 Å². The minimum Gasteiger partial charge on any atom is -0.467 e. The van der Waals surface area contributed by atoms with Crippen molar-refractivity contribution in [3.63, 3.8) is 0 Å². The van der Waals surface area contributed by atoms with Gasteiger partial charge in [-0.25, -0.2) is 0 Å². The number of nitrogens with two attached hydrogens (primary N) is 1. The second-order valence-corrected chi connectivity index (χ2v) is 3.70. The molecule has 0 aliphatic heterocycles. The van der Waals surface area contributed by atoms with Crippen molar-refractivity contribution in [1.29, 1.82) is 0 Å². The second kappa shape index (κ2) is 4.86. The molecule has 84 valence electrons. The van der Waals surface area contributed by atoms with Gasteiger partial charge in [0.25, 0.3) is 0 Å². The average Bonchev–Trinajstić information content (AvgIpc) is 2.80. The third-order valence-corrected chi connectivity index (χ3v) is 2.46. The molecule has 0 saturated heterocycles. The maximum Gasteiger partial charge on any atom is 0.129 e. The highest BCUT2D eigenvalue weighted by Gasteiger charge is 2.06. The van der Waals surface area contributed by atoms with Gasteiger partial charge in [0, 0.05) is 5.69 Å². The number of anilines is 1. The van der Waals surface area contributed by atoms with Gasteiger partial charge in [0.05, 0.1) is 12.4 Å². The van der Waals surface area contributed by atoms with Crippen LogP contribution in [0.4, 0.5) is 5.69 Å². The van der Waals surface area contributed by atoms with Gasteiger partial charge >= 0.3 is 0 Å². The van der Waals surface area contributed by atoms with E-state index < -0.39 is 0 Å². The molecule has 3 nitrogen and oxygen atoms in total. The molecule has 0 radical (unpaired) electrons. The van der Waals surface area contributed by atoms with Gasteiger partial charge in [-0.2, -0.15) is 0 Å². The Morgan fingerprint density at radius 1 is 1.25 bits per heavy atom. The predicted octanol–water partition coefficient (Wildman–Crippen LogP) is 3.14. The van der Waals surface area contributed by atoms with E-state index in [1.54, 1.807) is 6.26 Å². The molecule has 2 rings (SSSR count). The van der Waals surface area contributed by atoms with Crippen molar-refractivity contribution in [2.75, 3.05) is 5.73 Å². The van der Waals surface area contributed by atoms with Crippen LogP contribution in [0.5, 0.6) is 0 Å². The third-order valence-electron chi connectivity index (χ3n) is 2.46. The van der Waals surface area contributed by atoms with E-state index in [1.807, 2.05) is 43.3 Å². The van der Waals surface area contributed by atoms with Crippen LogP contribution < -0.4 is 5.73 Å². The highest BCUT2D eigenvalue weighted by atomic mass is 16.5. The van der Waals surface area contributed by atoms with Crippen LogP contribution in [0.2, 0.25) is 0 Å². The molecule has 1 aromatic carbocycles. The number of benzene rings is 1. The fourth-order valence-electron chi connectivity index (χ4n) is 1.47. The Bertz CT molecular complexity index is 420. The molecular weight excluding hydrogens is 202 g/mol. The summed E-state index contributed by atoms with van der Waals surface area (Å²) in [7, 11) is 0. The molecule has 2 N–H and O–H groups in total. The second-order valence-electron chi connectivity index (χ2n) is 3.70. The van der Waals surface area contributed by atoms with E-state index in [0.717, 1.165) is 17.0 Å². The predicted molar refractivity (Wildman–Crippen MR) is 62.8 cm³/mol. The highest BCUT2D eigenvalue weighted by Crippen LogP contribution is 2.19. The minimum absolute atomic E-state index is 0.0331. The van der Waals surface area contributed by atoms with Crippen LogP contribution in [-0.4, -0.2) is 0 Å². The van der Waals surface area contributed by atoms with Crippen molar-refractivity contribution in [3.8, 4) is 0 Å². The summed E-state index contributed by atoms with van der Waals surface area (Å²) in [5, 5.41) is 0. The third kappa shape index (κ3) is 2.64. The summed E-state index contributed by atoms with van der Waals surface area (Å²) in [5.74, 6) is 0.835. The molecule has 0 spiro atoms. The number of ether oxygens (including phenoxy) is 1. The van der Waals surface area contributed by atoms with Gasteiger partial charge < -0.3 is 14.9 Å². The van der Waals surface area contributed by atoms with E-state index in [2.05, 4.69) is 0 Å². The molecule has 0 fully saturated rings. The van der Waals surface area contributed by atoms with E-state index in [4.69, 9.17) is 14.9 Å². The molecule has 0 bridgehead atoms. The van der Waals surface area contributed by atoms with E-state index >= 15 is 0 Å². The lowest BCUT2D eigenvalue weighted by molar-refractivity contribution is 0.0420. The van der Waals surface area contributed by atoms with Crippen molar-refractivity contribution in [2.45, 2.75) is 19.6 Å². The van der Waals surface area contributed by atoms with Crippen LogP contribution in [0.15, 0.2) is 47.1 Å². The maximum atomic E-state index is 5.68. The number of hydrogen-bond acceptors (Lipinski definition) is 3. The first-order chi connectivity index (χ1) is 7.75. The summed E-state index contributed by atoms with van der Waals surface area (Å²) in [6, 6.07) is 11.5. The van der Waals surface area contributed by atoms with Gasteiger partial charge in [-0.3, -0.25) is 0 Å². The Balaban J connectivity index is 1.93. The lowest BCUT2D eigenvalue weighted by Crippen LogP contribution is -2.00. The lowest BCUT2D eigenvalue weighted by atomic mass is 10.1. The van der Waals surface area contributed by atoms with E-state index in [-0.39, 0.29) is 6.10 Å². The first-order valence-electron chi connectivity index (χ1n) is 5.25. The van der Waals surface area contributed by atoms with Crippen molar-refractivity contribution in [3.05, 3.63) is 54.0 Å². The molecule has 0 amide bonds. The Labute approximate surface area is 94.8 Å². The fourth-order valence-corrected chi connectivity index (χ4v) is 1.47. The van der Waals surface area contributed by atoms with Crippen molar-refractivity contribution < 1.29 is 9.15 Å². The maximum absolute atomic E-state index is 5.68.